The first-order chi connectivity index (χ1) is 6.04. The van der Waals surface area contributed by atoms with E-state index in [9.17, 15) is 13.2 Å². The van der Waals surface area contributed by atoms with E-state index in [1.807, 2.05) is 0 Å². The summed E-state index contributed by atoms with van der Waals surface area (Å²) in [5.41, 5.74) is -0.373. The van der Waals surface area contributed by atoms with E-state index in [4.69, 9.17) is 5.84 Å². The Morgan fingerprint density at radius 3 is 2.54 bits per heavy atom. The number of hydrazone groups is 1. The molecule has 1 aromatic carbocycles. The van der Waals surface area contributed by atoms with Crippen LogP contribution in [0.1, 0.15) is 11.1 Å². The Hall–Kier alpha value is -1.52. The van der Waals surface area contributed by atoms with Crippen molar-refractivity contribution in [2.45, 2.75) is 6.18 Å². The number of benzene rings is 1. The summed E-state index contributed by atoms with van der Waals surface area (Å²) in [5, 5.41) is 3.14. The molecule has 0 heterocycles. The molecule has 0 saturated carbocycles. The van der Waals surface area contributed by atoms with Crippen molar-refractivity contribution in [2.24, 2.45) is 10.9 Å². The number of halogens is 3. The Bertz CT molecular complexity index is 317. The molecule has 70 valence electrons. The molecule has 0 fully saturated rings. The first-order valence-electron chi connectivity index (χ1n) is 3.44. The van der Waals surface area contributed by atoms with Gasteiger partial charge in [0.05, 0.1) is 11.8 Å². The van der Waals surface area contributed by atoms with Gasteiger partial charge in [0.25, 0.3) is 0 Å². The maximum absolute atomic E-state index is 12.1. The van der Waals surface area contributed by atoms with E-state index in [-0.39, 0.29) is 0 Å². The van der Waals surface area contributed by atoms with E-state index in [1.54, 1.807) is 0 Å². The molecule has 0 bridgehead atoms. The number of alkyl halides is 3. The number of nitrogens with zero attached hydrogens (tertiary/aromatic N) is 1. The zero-order chi connectivity index (χ0) is 9.90. The maximum atomic E-state index is 12.1. The Labute approximate surface area is 72.9 Å². The minimum absolute atomic E-state index is 0.331. The quantitative estimate of drug-likeness (QED) is 0.408. The van der Waals surface area contributed by atoms with Crippen molar-refractivity contribution in [3.05, 3.63) is 35.4 Å². The van der Waals surface area contributed by atoms with E-state index in [0.29, 0.717) is 5.56 Å². The zero-order valence-electron chi connectivity index (χ0n) is 6.55. The average molecular weight is 188 g/mol. The predicted octanol–water partition coefficient (Wildman–Crippen LogP) is 2.00. The van der Waals surface area contributed by atoms with E-state index < -0.39 is 11.7 Å². The molecule has 0 aliphatic heterocycles. The van der Waals surface area contributed by atoms with E-state index in [2.05, 4.69) is 5.10 Å². The number of hydrogen-bond acceptors (Lipinski definition) is 2. The van der Waals surface area contributed by atoms with Crippen LogP contribution in [0.25, 0.3) is 0 Å². The highest BCUT2D eigenvalue weighted by atomic mass is 19.4. The number of rotatable bonds is 1. The Balaban J connectivity index is 3.05. The molecule has 0 aliphatic carbocycles. The van der Waals surface area contributed by atoms with Gasteiger partial charge >= 0.3 is 6.18 Å². The molecular formula is C8H7F3N2. The minimum atomic E-state index is -4.32. The molecule has 0 radical (unpaired) electrons. The fourth-order valence-corrected chi connectivity index (χ4v) is 0.881. The molecule has 0 aliphatic rings. The molecule has 2 N–H and O–H groups in total. The Morgan fingerprint density at radius 2 is 2.00 bits per heavy atom. The smallest absolute Gasteiger partial charge is 0.323 e. The third kappa shape index (κ3) is 2.47. The van der Waals surface area contributed by atoms with Crippen molar-refractivity contribution in [3.8, 4) is 0 Å². The lowest BCUT2D eigenvalue weighted by Crippen LogP contribution is -2.05. The molecule has 0 atom stereocenters. The highest BCUT2D eigenvalue weighted by molar-refractivity contribution is 5.79. The molecule has 0 spiro atoms. The van der Waals surface area contributed by atoms with Gasteiger partial charge in [0.15, 0.2) is 0 Å². The minimum Gasteiger partial charge on any atom is -0.323 e. The van der Waals surface area contributed by atoms with Crippen molar-refractivity contribution in [1.29, 1.82) is 0 Å². The van der Waals surface area contributed by atoms with Gasteiger partial charge in [-0.2, -0.15) is 18.3 Å². The van der Waals surface area contributed by atoms with Gasteiger partial charge in [0.2, 0.25) is 0 Å². The van der Waals surface area contributed by atoms with Crippen LogP contribution in [0, 0.1) is 0 Å². The second-order valence-electron chi connectivity index (χ2n) is 2.40. The van der Waals surface area contributed by atoms with Crippen molar-refractivity contribution in [3.63, 3.8) is 0 Å². The van der Waals surface area contributed by atoms with Gasteiger partial charge in [0, 0.05) is 0 Å². The summed E-state index contributed by atoms with van der Waals surface area (Å²) >= 11 is 0. The fourth-order valence-electron chi connectivity index (χ4n) is 0.881. The summed E-state index contributed by atoms with van der Waals surface area (Å²) in [6.45, 7) is 0. The third-order valence-corrected chi connectivity index (χ3v) is 1.44. The van der Waals surface area contributed by atoms with Crippen LogP contribution in [0.15, 0.2) is 29.4 Å². The molecule has 1 aromatic rings. The Morgan fingerprint density at radius 1 is 1.31 bits per heavy atom. The van der Waals surface area contributed by atoms with Crippen LogP contribution in [-0.4, -0.2) is 6.21 Å². The van der Waals surface area contributed by atoms with Crippen molar-refractivity contribution in [1.82, 2.24) is 0 Å². The molecule has 1 rings (SSSR count). The second-order valence-corrected chi connectivity index (χ2v) is 2.40. The van der Waals surface area contributed by atoms with Gasteiger partial charge in [-0.1, -0.05) is 12.1 Å². The summed E-state index contributed by atoms with van der Waals surface area (Å²) < 4.78 is 36.4. The zero-order valence-corrected chi connectivity index (χ0v) is 6.55. The highest BCUT2D eigenvalue weighted by Crippen LogP contribution is 2.29. The van der Waals surface area contributed by atoms with Crippen molar-refractivity contribution >= 4 is 6.21 Å². The first-order valence-corrected chi connectivity index (χ1v) is 3.44. The first kappa shape index (κ1) is 9.57. The molecule has 13 heavy (non-hydrogen) atoms. The summed E-state index contributed by atoms with van der Waals surface area (Å²) in [5.74, 6) is 4.81. The van der Waals surface area contributed by atoms with Gasteiger partial charge < -0.3 is 5.84 Å². The average Bonchev–Trinajstić information content (AvgIpc) is 2.04. The highest BCUT2D eigenvalue weighted by Gasteiger charge is 2.30. The van der Waals surface area contributed by atoms with Crippen molar-refractivity contribution in [2.75, 3.05) is 0 Å². The van der Waals surface area contributed by atoms with E-state index in [0.717, 1.165) is 18.3 Å². The molecule has 0 saturated heterocycles. The monoisotopic (exact) mass is 188 g/mol. The summed E-state index contributed by atoms with van der Waals surface area (Å²) in [6.07, 6.45) is -3.16. The van der Waals surface area contributed by atoms with Crippen LogP contribution < -0.4 is 5.84 Å². The Kier molecular flexibility index (Phi) is 2.55. The lowest BCUT2D eigenvalue weighted by Gasteiger charge is -2.05. The topological polar surface area (TPSA) is 38.4 Å². The fraction of sp³-hybridized carbons (Fsp3) is 0.125. The molecular weight excluding hydrogens is 181 g/mol. The van der Waals surface area contributed by atoms with Crippen LogP contribution in [0.5, 0.6) is 0 Å². The van der Waals surface area contributed by atoms with Gasteiger partial charge in [0.1, 0.15) is 0 Å². The molecule has 2 nitrogen and oxygen atoms in total. The standard InChI is InChI=1S/C8H7F3N2/c9-8(10,11)7-3-1-2-6(4-7)5-13-12/h1-5H,12H2. The maximum Gasteiger partial charge on any atom is 0.416 e. The summed E-state index contributed by atoms with van der Waals surface area (Å²) in [4.78, 5) is 0. The number of nitrogens with two attached hydrogens (primary N) is 1. The van der Waals surface area contributed by atoms with Crippen LogP contribution in [0.2, 0.25) is 0 Å². The normalized spacial score (nSPS) is 12.2. The van der Waals surface area contributed by atoms with E-state index >= 15 is 0 Å². The molecule has 0 aromatic heterocycles. The number of hydrogen-bond donors (Lipinski definition) is 1. The van der Waals surface area contributed by atoms with Crippen LogP contribution in [-0.2, 0) is 6.18 Å². The van der Waals surface area contributed by atoms with Crippen molar-refractivity contribution < 1.29 is 13.2 Å². The largest absolute Gasteiger partial charge is 0.416 e. The summed E-state index contributed by atoms with van der Waals surface area (Å²) in [7, 11) is 0. The second kappa shape index (κ2) is 3.47. The predicted molar refractivity (Wildman–Crippen MR) is 43.2 cm³/mol. The lowest BCUT2D eigenvalue weighted by molar-refractivity contribution is -0.137. The summed E-state index contributed by atoms with van der Waals surface area (Å²) in [6, 6.07) is 4.77. The van der Waals surface area contributed by atoms with Crippen LogP contribution in [0.4, 0.5) is 13.2 Å². The van der Waals surface area contributed by atoms with E-state index in [1.165, 1.54) is 12.1 Å². The van der Waals surface area contributed by atoms with Gasteiger partial charge in [-0.3, -0.25) is 0 Å². The third-order valence-electron chi connectivity index (χ3n) is 1.44. The molecule has 0 unspecified atom stereocenters. The van der Waals surface area contributed by atoms with Gasteiger partial charge in [-0.25, -0.2) is 0 Å². The van der Waals surface area contributed by atoms with Crippen LogP contribution in [0.3, 0.4) is 0 Å². The van der Waals surface area contributed by atoms with Gasteiger partial charge in [-0.15, -0.1) is 0 Å². The van der Waals surface area contributed by atoms with Gasteiger partial charge in [-0.05, 0) is 17.7 Å². The van der Waals surface area contributed by atoms with Crippen LogP contribution >= 0.6 is 0 Å². The SMILES string of the molecule is NN=Cc1cccc(C(F)(F)F)c1. The molecule has 5 heteroatoms. The molecule has 0 amide bonds. The lowest BCUT2D eigenvalue weighted by atomic mass is 10.1.